The Morgan fingerprint density at radius 1 is 1.19 bits per heavy atom. The normalized spacial score (nSPS) is 17.8. The van der Waals surface area contributed by atoms with Gasteiger partial charge in [0.2, 0.25) is 0 Å². The van der Waals surface area contributed by atoms with Gasteiger partial charge in [0.25, 0.3) is 0 Å². The summed E-state index contributed by atoms with van der Waals surface area (Å²) in [7, 11) is 0. The number of aliphatic hydroxyl groups is 1. The van der Waals surface area contributed by atoms with E-state index in [2.05, 4.69) is 30.0 Å². The highest BCUT2D eigenvalue weighted by Crippen LogP contribution is 2.31. The summed E-state index contributed by atoms with van der Waals surface area (Å²) in [6.45, 7) is 8.02. The zero-order valence-electron chi connectivity index (χ0n) is 21.6. The number of esters is 1. The van der Waals surface area contributed by atoms with Crippen LogP contribution in [0.15, 0.2) is 36.4 Å². The lowest BCUT2D eigenvalue weighted by atomic mass is 9.97. The summed E-state index contributed by atoms with van der Waals surface area (Å²) in [6.07, 6.45) is 3.87. The highest BCUT2D eigenvalue weighted by Gasteiger charge is 2.27. The molecule has 3 atom stereocenters. The van der Waals surface area contributed by atoms with Crippen LogP contribution in [0.2, 0.25) is 10.0 Å². The molecule has 1 N–H and O–H groups in total. The van der Waals surface area contributed by atoms with Crippen LogP contribution in [0.1, 0.15) is 67.9 Å². The lowest BCUT2D eigenvalue weighted by Gasteiger charge is -2.28. The molecule has 2 aromatic rings. The predicted octanol–water partition coefficient (Wildman–Crippen LogP) is 6.33. The molecule has 1 aliphatic rings. The van der Waals surface area contributed by atoms with Crippen LogP contribution in [-0.2, 0) is 27.1 Å². The number of aliphatic hydroxyl groups excluding tert-OH is 1. The minimum absolute atomic E-state index is 0.209. The van der Waals surface area contributed by atoms with Crippen molar-refractivity contribution in [1.82, 2.24) is 4.90 Å². The Hall–Kier alpha value is -1.63. The van der Waals surface area contributed by atoms with E-state index in [0.29, 0.717) is 30.6 Å². The van der Waals surface area contributed by atoms with Crippen molar-refractivity contribution >= 4 is 29.2 Å². The third-order valence-corrected chi connectivity index (χ3v) is 7.66. The molecule has 1 saturated heterocycles. The molecule has 0 unspecified atom stereocenters. The smallest absolute Gasteiger partial charge is 0.306 e. The number of hydrogen-bond donors (Lipinski definition) is 1. The van der Waals surface area contributed by atoms with Gasteiger partial charge in [0.05, 0.1) is 25.4 Å². The van der Waals surface area contributed by atoms with E-state index in [1.54, 1.807) is 6.92 Å². The molecule has 3 rings (SSSR count). The summed E-state index contributed by atoms with van der Waals surface area (Å²) in [6, 6.07) is 12.4. The Labute approximate surface area is 225 Å². The van der Waals surface area contributed by atoms with Gasteiger partial charge < -0.3 is 14.6 Å². The van der Waals surface area contributed by atoms with Crippen LogP contribution >= 0.6 is 23.2 Å². The maximum absolute atomic E-state index is 11.9. The van der Waals surface area contributed by atoms with Crippen LogP contribution in [0, 0.1) is 6.92 Å². The zero-order chi connectivity index (χ0) is 26.1. The van der Waals surface area contributed by atoms with Gasteiger partial charge in [-0.3, -0.25) is 9.69 Å². The number of hydrogen-bond acceptors (Lipinski definition) is 5. The van der Waals surface area contributed by atoms with Crippen molar-refractivity contribution in [3.63, 3.8) is 0 Å². The lowest BCUT2D eigenvalue weighted by molar-refractivity contribution is -0.143. The van der Waals surface area contributed by atoms with Crippen molar-refractivity contribution in [3.8, 4) is 0 Å². The summed E-state index contributed by atoms with van der Waals surface area (Å²) >= 11 is 12.8. The summed E-state index contributed by atoms with van der Waals surface area (Å²) < 4.78 is 11.3. The van der Waals surface area contributed by atoms with E-state index in [1.165, 1.54) is 5.56 Å². The monoisotopic (exact) mass is 535 g/mol. The van der Waals surface area contributed by atoms with E-state index < -0.39 is 6.10 Å². The highest BCUT2D eigenvalue weighted by molar-refractivity contribution is 6.31. The number of carbonyl (C=O) groups is 1. The standard InChI is InChI=1S/C29H39Cl2NO4/c1-4-28(25-9-6-10-26(30)24(25)13-14-29(34)35-5-2)36-19-23(33)18-32-15-7-8-22(32)16-21-12-11-20(3)27(31)17-21/h6,9-12,17,22-23,28,33H,4-5,7-8,13-16,18-19H2,1-3H3/t22-,23+,28+/m0/s1. The number of benzene rings is 2. The number of aryl methyl sites for hydroxylation is 1. The second-order valence-electron chi connectivity index (χ2n) is 9.58. The Morgan fingerprint density at radius 3 is 2.72 bits per heavy atom. The van der Waals surface area contributed by atoms with Gasteiger partial charge in [0, 0.05) is 29.1 Å². The van der Waals surface area contributed by atoms with Gasteiger partial charge in [0.1, 0.15) is 0 Å². The zero-order valence-corrected chi connectivity index (χ0v) is 23.2. The molecule has 1 heterocycles. The number of ether oxygens (including phenoxy) is 2. The molecule has 36 heavy (non-hydrogen) atoms. The van der Waals surface area contributed by atoms with Crippen molar-refractivity contribution < 1.29 is 19.4 Å². The summed E-state index contributed by atoms with van der Waals surface area (Å²) in [5, 5.41) is 12.3. The van der Waals surface area contributed by atoms with E-state index in [4.69, 9.17) is 32.7 Å². The molecule has 0 spiro atoms. The molecule has 5 nitrogen and oxygen atoms in total. The first-order valence-electron chi connectivity index (χ1n) is 13.0. The minimum atomic E-state index is -0.594. The van der Waals surface area contributed by atoms with Crippen LogP contribution < -0.4 is 0 Å². The quantitative estimate of drug-likeness (QED) is 0.303. The fourth-order valence-corrected chi connectivity index (χ4v) is 5.46. The molecule has 0 amide bonds. The summed E-state index contributed by atoms with van der Waals surface area (Å²) in [5.74, 6) is -0.235. The van der Waals surface area contributed by atoms with Crippen molar-refractivity contribution in [2.45, 2.75) is 77.5 Å². The van der Waals surface area contributed by atoms with Gasteiger partial charge in [-0.1, -0.05) is 54.4 Å². The van der Waals surface area contributed by atoms with Crippen LogP contribution in [0.3, 0.4) is 0 Å². The molecular formula is C29H39Cl2NO4. The molecule has 0 saturated carbocycles. The highest BCUT2D eigenvalue weighted by atomic mass is 35.5. The molecule has 0 bridgehead atoms. The SMILES string of the molecule is CCOC(=O)CCc1c(Cl)cccc1[C@@H](CC)OC[C@H](O)CN1CCC[C@H]1Cc1ccc(C)c(Cl)c1. The van der Waals surface area contributed by atoms with E-state index in [1.807, 2.05) is 25.1 Å². The number of nitrogens with zero attached hydrogens (tertiary/aromatic N) is 1. The number of rotatable bonds is 13. The first-order chi connectivity index (χ1) is 17.3. The third-order valence-electron chi connectivity index (χ3n) is 6.90. The molecule has 7 heteroatoms. The largest absolute Gasteiger partial charge is 0.466 e. The topological polar surface area (TPSA) is 59.0 Å². The fourth-order valence-electron chi connectivity index (χ4n) is 4.98. The number of β-amino-alcohol motifs (C(OH)–C–C–N with tert-alkyl or cyclic N) is 1. The number of likely N-dealkylation sites (tertiary alicyclic amines) is 1. The number of halogens is 2. The van der Waals surface area contributed by atoms with E-state index in [9.17, 15) is 9.90 Å². The van der Waals surface area contributed by atoms with Gasteiger partial charge in [0.15, 0.2) is 0 Å². The Kier molecular flexibility index (Phi) is 11.5. The molecule has 1 fully saturated rings. The molecule has 0 aromatic heterocycles. The van der Waals surface area contributed by atoms with Crippen molar-refractivity contribution in [1.29, 1.82) is 0 Å². The summed E-state index contributed by atoms with van der Waals surface area (Å²) in [5.41, 5.74) is 4.20. The lowest BCUT2D eigenvalue weighted by Crippen LogP contribution is -2.39. The average molecular weight is 537 g/mol. The van der Waals surface area contributed by atoms with Gasteiger partial charge in [-0.05, 0) is 86.9 Å². The van der Waals surface area contributed by atoms with Crippen LogP contribution in [0.5, 0.6) is 0 Å². The van der Waals surface area contributed by atoms with Gasteiger partial charge in [-0.2, -0.15) is 0 Å². The Balaban J connectivity index is 1.57. The molecule has 2 aromatic carbocycles. The number of carbonyl (C=O) groups excluding carboxylic acids is 1. The predicted molar refractivity (Wildman–Crippen MR) is 146 cm³/mol. The second-order valence-corrected chi connectivity index (χ2v) is 10.4. The van der Waals surface area contributed by atoms with Crippen molar-refractivity contribution in [2.24, 2.45) is 0 Å². The van der Waals surface area contributed by atoms with E-state index in [-0.39, 0.29) is 25.1 Å². The third kappa shape index (κ3) is 8.19. The van der Waals surface area contributed by atoms with Gasteiger partial charge >= 0.3 is 5.97 Å². The van der Waals surface area contributed by atoms with E-state index >= 15 is 0 Å². The minimum Gasteiger partial charge on any atom is -0.466 e. The maximum atomic E-state index is 11.9. The van der Waals surface area contributed by atoms with Gasteiger partial charge in [-0.15, -0.1) is 0 Å². The first kappa shape index (κ1) is 28.9. The average Bonchev–Trinajstić information content (AvgIpc) is 3.27. The first-order valence-corrected chi connectivity index (χ1v) is 13.8. The molecular weight excluding hydrogens is 497 g/mol. The van der Waals surface area contributed by atoms with Crippen LogP contribution in [0.25, 0.3) is 0 Å². The summed E-state index contributed by atoms with van der Waals surface area (Å²) in [4.78, 5) is 14.3. The Morgan fingerprint density at radius 2 is 2.00 bits per heavy atom. The van der Waals surface area contributed by atoms with Crippen molar-refractivity contribution in [2.75, 3.05) is 26.3 Å². The maximum Gasteiger partial charge on any atom is 0.306 e. The molecule has 0 radical (unpaired) electrons. The molecule has 0 aliphatic carbocycles. The van der Waals surface area contributed by atoms with Crippen LogP contribution in [-0.4, -0.2) is 54.4 Å². The Bertz CT molecular complexity index is 999. The molecule has 198 valence electrons. The molecule has 1 aliphatic heterocycles. The van der Waals surface area contributed by atoms with Crippen LogP contribution in [0.4, 0.5) is 0 Å². The fraction of sp³-hybridized carbons (Fsp3) is 0.552. The van der Waals surface area contributed by atoms with E-state index in [0.717, 1.165) is 53.9 Å². The second kappa shape index (κ2) is 14.3. The van der Waals surface area contributed by atoms with Crippen molar-refractivity contribution in [3.05, 3.63) is 68.7 Å². The van der Waals surface area contributed by atoms with Gasteiger partial charge in [-0.25, -0.2) is 0 Å².